The van der Waals surface area contributed by atoms with Gasteiger partial charge in [0, 0.05) is 4.91 Å². The van der Waals surface area contributed by atoms with E-state index in [-0.39, 0.29) is 0 Å². The average molecular weight is 236 g/mol. The molecule has 0 rings (SSSR count). The first kappa shape index (κ1) is 14.7. The number of carbonyl (C=O) groups is 1. The van der Waals surface area contributed by atoms with E-state index in [4.69, 9.17) is 26.6 Å². The van der Waals surface area contributed by atoms with Gasteiger partial charge < -0.3 is 25.5 Å². The minimum absolute atomic E-state index is 0.927. The topological polar surface area (TPSA) is 193 Å². The van der Waals surface area contributed by atoms with Gasteiger partial charge in [-0.2, -0.15) is 0 Å². The number of hydrogen-bond donors (Lipinski definition) is 6. The lowest BCUT2D eigenvalue weighted by Crippen LogP contribution is -2.63. The van der Waals surface area contributed by atoms with Gasteiger partial charge in [0.1, 0.15) is 18.3 Å². The van der Waals surface area contributed by atoms with E-state index in [0.29, 0.717) is 0 Å². The summed E-state index contributed by atoms with van der Waals surface area (Å²) in [6.45, 7) is -0.927. The molecule has 0 unspecified atom stereocenters. The number of azide groups is 1. The van der Waals surface area contributed by atoms with Crippen LogP contribution in [0.5, 0.6) is 0 Å². The van der Waals surface area contributed by atoms with Crippen molar-refractivity contribution in [1.29, 1.82) is 0 Å². The number of aliphatic hydroxyl groups is 5. The van der Waals surface area contributed by atoms with E-state index in [9.17, 15) is 15.0 Å². The summed E-state index contributed by atoms with van der Waals surface area (Å²) in [5, 5.41) is 47.5. The highest BCUT2D eigenvalue weighted by atomic mass is 16.4. The number of nitrogens with zero attached hydrogens (tertiary/aromatic N) is 3. The first-order valence-corrected chi connectivity index (χ1v) is 4.04. The molecule has 0 aliphatic heterocycles. The normalized spacial score (nSPS) is 20.1. The molecule has 0 saturated carbocycles. The third-order valence-electron chi connectivity index (χ3n) is 1.83. The standard InChI is InChI=1S/C6H12N4O6/c7-6(16,5(15)9-10-8)4(14)3(13)2(12)1-11/h2-4,11-14,16H,1,7H2/t2-,3-,4+,6-/m1/s1. The van der Waals surface area contributed by atoms with Crippen LogP contribution < -0.4 is 5.73 Å². The van der Waals surface area contributed by atoms with Crippen molar-refractivity contribution in [2.75, 3.05) is 6.61 Å². The quantitative estimate of drug-likeness (QED) is 0.123. The van der Waals surface area contributed by atoms with E-state index in [1.54, 1.807) is 0 Å². The third-order valence-corrected chi connectivity index (χ3v) is 1.83. The molecule has 0 heterocycles. The Morgan fingerprint density at radius 2 is 2.00 bits per heavy atom. The van der Waals surface area contributed by atoms with Crippen molar-refractivity contribution < 1.29 is 30.3 Å². The fourth-order valence-electron chi connectivity index (χ4n) is 0.826. The second-order valence-corrected chi connectivity index (χ2v) is 3.01. The molecule has 4 atom stereocenters. The zero-order chi connectivity index (χ0) is 12.9. The lowest BCUT2D eigenvalue weighted by Gasteiger charge is -2.30. The predicted molar refractivity (Wildman–Crippen MR) is 48.4 cm³/mol. The van der Waals surface area contributed by atoms with Crippen molar-refractivity contribution in [3.8, 4) is 0 Å². The van der Waals surface area contributed by atoms with Crippen LogP contribution in [-0.4, -0.2) is 62.1 Å². The molecule has 0 aromatic carbocycles. The largest absolute Gasteiger partial charge is 0.394 e. The van der Waals surface area contributed by atoms with E-state index >= 15 is 0 Å². The summed E-state index contributed by atoms with van der Waals surface area (Å²) in [6.07, 6.45) is -6.23. The van der Waals surface area contributed by atoms with Crippen molar-refractivity contribution in [1.82, 2.24) is 0 Å². The van der Waals surface area contributed by atoms with Gasteiger partial charge in [-0.25, -0.2) is 0 Å². The monoisotopic (exact) mass is 236 g/mol. The number of carbonyl (C=O) groups excluding carboxylic acids is 1. The number of aliphatic hydroxyl groups excluding tert-OH is 4. The maximum atomic E-state index is 10.9. The third kappa shape index (κ3) is 3.12. The number of hydrogen-bond acceptors (Lipinski definition) is 7. The molecular formula is C6H12N4O6. The van der Waals surface area contributed by atoms with Crippen LogP contribution in [0.25, 0.3) is 10.4 Å². The van der Waals surface area contributed by atoms with Gasteiger partial charge in [0.2, 0.25) is 5.72 Å². The van der Waals surface area contributed by atoms with Crippen molar-refractivity contribution in [3.63, 3.8) is 0 Å². The second kappa shape index (κ2) is 5.72. The minimum Gasteiger partial charge on any atom is -0.394 e. The van der Waals surface area contributed by atoms with Crippen molar-refractivity contribution in [2.24, 2.45) is 10.8 Å². The molecule has 1 amide bonds. The summed E-state index contributed by atoms with van der Waals surface area (Å²) in [5.74, 6) is -1.63. The summed E-state index contributed by atoms with van der Waals surface area (Å²) in [5.41, 5.74) is 9.78. The molecule has 0 fully saturated rings. The summed E-state index contributed by atoms with van der Waals surface area (Å²) in [4.78, 5) is 13.0. The molecule has 0 aromatic heterocycles. The molecule has 0 spiro atoms. The highest BCUT2D eigenvalue weighted by Crippen LogP contribution is 2.12. The maximum absolute atomic E-state index is 10.9. The fraction of sp³-hybridized carbons (Fsp3) is 0.833. The molecule has 7 N–H and O–H groups in total. The SMILES string of the molecule is [N-]=[N+]=NC(=O)[C@](N)(O)[C@@H](O)[C@H](O)[C@H](O)CO. The van der Waals surface area contributed by atoms with E-state index in [1.807, 2.05) is 4.91 Å². The summed E-state index contributed by atoms with van der Waals surface area (Å²) in [7, 11) is 0. The number of rotatable bonds is 5. The number of amides is 1. The Hall–Kier alpha value is -1.26. The maximum Gasteiger partial charge on any atom is 0.267 e. The highest BCUT2D eigenvalue weighted by Gasteiger charge is 2.44. The van der Waals surface area contributed by atoms with Gasteiger partial charge in [-0.05, 0) is 10.6 Å². The van der Waals surface area contributed by atoms with Gasteiger partial charge >= 0.3 is 0 Å². The number of nitrogens with two attached hydrogens (primary N) is 1. The zero-order valence-corrected chi connectivity index (χ0v) is 8.00. The van der Waals surface area contributed by atoms with E-state index in [1.165, 1.54) is 0 Å². The molecule has 10 heteroatoms. The summed E-state index contributed by atoms with van der Waals surface area (Å²) in [6, 6.07) is 0. The smallest absolute Gasteiger partial charge is 0.267 e. The van der Waals surface area contributed by atoms with Gasteiger partial charge in [-0.1, -0.05) is 0 Å². The van der Waals surface area contributed by atoms with Crippen LogP contribution in [0.1, 0.15) is 0 Å². The molecular weight excluding hydrogens is 224 g/mol. The van der Waals surface area contributed by atoms with Gasteiger partial charge in [-0.15, -0.1) is 0 Å². The van der Waals surface area contributed by atoms with Gasteiger partial charge in [0.25, 0.3) is 5.91 Å². The fourth-order valence-corrected chi connectivity index (χ4v) is 0.826. The first-order chi connectivity index (χ1) is 7.28. The molecule has 92 valence electrons. The van der Waals surface area contributed by atoms with Gasteiger partial charge in [0.15, 0.2) is 0 Å². The Morgan fingerprint density at radius 1 is 1.50 bits per heavy atom. The summed E-state index contributed by atoms with van der Waals surface area (Å²) < 4.78 is 0. The van der Waals surface area contributed by atoms with Crippen LogP contribution in [-0.2, 0) is 4.79 Å². The van der Waals surface area contributed by atoms with Gasteiger partial charge in [0.05, 0.1) is 6.61 Å². The van der Waals surface area contributed by atoms with Crippen LogP contribution in [0.4, 0.5) is 0 Å². The van der Waals surface area contributed by atoms with Crippen LogP contribution >= 0.6 is 0 Å². The molecule has 0 bridgehead atoms. The van der Waals surface area contributed by atoms with E-state index in [2.05, 4.69) is 5.11 Å². The zero-order valence-electron chi connectivity index (χ0n) is 8.00. The highest BCUT2D eigenvalue weighted by molar-refractivity contribution is 5.85. The molecule has 0 radical (unpaired) electrons. The second-order valence-electron chi connectivity index (χ2n) is 3.01. The Morgan fingerprint density at radius 3 is 2.38 bits per heavy atom. The van der Waals surface area contributed by atoms with Crippen LogP contribution in [0.3, 0.4) is 0 Å². The Kier molecular flexibility index (Phi) is 5.27. The lowest BCUT2D eigenvalue weighted by atomic mass is 9.98. The average Bonchev–Trinajstić information content (AvgIpc) is 2.26. The van der Waals surface area contributed by atoms with Crippen molar-refractivity contribution >= 4 is 5.91 Å². The van der Waals surface area contributed by atoms with Crippen LogP contribution in [0.2, 0.25) is 0 Å². The Bertz CT molecular complexity index is 301. The molecule has 0 aliphatic carbocycles. The van der Waals surface area contributed by atoms with Gasteiger partial charge in [-0.3, -0.25) is 10.5 Å². The molecule has 0 aliphatic rings. The van der Waals surface area contributed by atoms with E-state index in [0.717, 1.165) is 0 Å². The predicted octanol–water partition coefficient (Wildman–Crippen LogP) is -3.45. The van der Waals surface area contributed by atoms with Crippen molar-refractivity contribution in [3.05, 3.63) is 10.4 Å². The minimum atomic E-state index is -3.05. The Labute approximate surface area is 89.2 Å². The molecule has 0 saturated heterocycles. The summed E-state index contributed by atoms with van der Waals surface area (Å²) >= 11 is 0. The molecule has 16 heavy (non-hydrogen) atoms. The first-order valence-electron chi connectivity index (χ1n) is 4.04. The van der Waals surface area contributed by atoms with Crippen LogP contribution in [0, 0.1) is 0 Å². The molecule has 0 aromatic rings. The molecule has 10 nitrogen and oxygen atoms in total. The van der Waals surface area contributed by atoms with Crippen LogP contribution in [0.15, 0.2) is 5.11 Å². The Balaban J connectivity index is 4.87. The van der Waals surface area contributed by atoms with E-state index < -0.39 is 36.6 Å². The van der Waals surface area contributed by atoms with Crippen molar-refractivity contribution in [2.45, 2.75) is 24.0 Å². The lowest BCUT2D eigenvalue weighted by molar-refractivity contribution is -0.172.